The van der Waals surface area contributed by atoms with Crippen molar-refractivity contribution in [3.63, 3.8) is 0 Å². The van der Waals surface area contributed by atoms with Gasteiger partial charge in [0.15, 0.2) is 5.78 Å². The van der Waals surface area contributed by atoms with Gasteiger partial charge in [0.2, 0.25) is 0 Å². The molecule has 2 saturated heterocycles. The third-order valence-electron chi connectivity index (χ3n) is 6.63. The summed E-state index contributed by atoms with van der Waals surface area (Å²) >= 11 is 2.60. The Kier molecular flexibility index (Phi) is 14.2. The highest BCUT2D eigenvalue weighted by atomic mass is 128. The summed E-state index contributed by atoms with van der Waals surface area (Å²) in [6, 6.07) is -1.53. The van der Waals surface area contributed by atoms with Crippen molar-refractivity contribution in [3.8, 4) is 0 Å². The predicted octanol–water partition coefficient (Wildman–Crippen LogP) is 4.95. The second-order valence-electron chi connectivity index (χ2n) is 11.5. The maximum atomic E-state index is 12.1. The molecule has 0 aromatic carbocycles. The van der Waals surface area contributed by atoms with Gasteiger partial charge in [-0.3, -0.25) is 4.79 Å². The molecule has 1 N–H and O–H groups in total. The second-order valence-corrected chi connectivity index (χ2v) is 16.0. The lowest BCUT2D eigenvalue weighted by Gasteiger charge is -2.38. The molecule has 2 aliphatic carbocycles. The largest absolute Gasteiger partial charge is 0.445 e. The maximum Gasteiger partial charge on any atom is 0.429 e. The smallest absolute Gasteiger partial charge is 0.429 e. The van der Waals surface area contributed by atoms with Crippen LogP contribution >= 0.6 is 35.4 Å². The van der Waals surface area contributed by atoms with Crippen molar-refractivity contribution in [1.29, 1.82) is 0 Å². The first-order chi connectivity index (χ1) is 20.0. The van der Waals surface area contributed by atoms with E-state index in [9.17, 15) is 29.1 Å². The number of hydrogen-bond acceptors (Lipinski definition) is 10. The summed E-state index contributed by atoms with van der Waals surface area (Å²) in [6.45, 7) is 13.9. The van der Waals surface area contributed by atoms with Gasteiger partial charge in [0.1, 0.15) is 6.04 Å². The number of hydrogen-bond donors (Lipinski definition) is 1. The monoisotopic (exact) mass is 838 g/mol. The van der Waals surface area contributed by atoms with Gasteiger partial charge in [-0.15, -0.1) is 0 Å². The van der Waals surface area contributed by atoms with Gasteiger partial charge in [-0.05, 0) is 86.8 Å². The van der Waals surface area contributed by atoms with Crippen molar-refractivity contribution in [2.45, 2.75) is 136 Å². The Hall–Kier alpha value is -1.96. The minimum Gasteiger partial charge on any atom is -0.445 e. The SMILES string of the molecule is C=II.CC(C)OC(=O)N1C2CC(=O)C(C2)N1C(=O)OC(C)C.CC(C)OC(=O)N1C2CC(O)C(C2)N1C(=O)OC(C)C. The lowest BCUT2D eigenvalue weighted by Crippen LogP contribution is -2.57. The van der Waals surface area contributed by atoms with Crippen molar-refractivity contribution >= 4 is 70.0 Å². The summed E-state index contributed by atoms with van der Waals surface area (Å²) in [5.41, 5.74) is 0. The van der Waals surface area contributed by atoms with Gasteiger partial charge >= 0.3 is 24.4 Å². The molecule has 0 radical (unpaired) electrons. The summed E-state index contributed by atoms with van der Waals surface area (Å²) in [5, 5.41) is 14.8. The summed E-state index contributed by atoms with van der Waals surface area (Å²) in [5.74, 6) is -0.0377. The number of halogens is 2. The first kappa shape index (κ1) is 37.2. The molecule has 4 aliphatic rings. The number of hydrazine groups is 2. The third-order valence-corrected chi connectivity index (χ3v) is 6.63. The van der Waals surface area contributed by atoms with Crippen molar-refractivity contribution in [2.75, 3.05) is 0 Å². The number of rotatable bonds is 4. The van der Waals surface area contributed by atoms with Gasteiger partial charge in [0.05, 0.1) is 48.6 Å². The van der Waals surface area contributed by atoms with Gasteiger partial charge in [0, 0.05) is 12.8 Å². The number of Topliss-reactive ketones (excluding diaryl/α,β-unsaturated/α-hetero) is 1. The molecule has 246 valence electrons. The fourth-order valence-electron chi connectivity index (χ4n) is 5.29. The summed E-state index contributed by atoms with van der Waals surface area (Å²) < 4.78 is 24.1. The maximum absolute atomic E-state index is 12.1. The van der Waals surface area contributed by atoms with Crippen LogP contribution < -0.4 is 0 Å². The van der Waals surface area contributed by atoms with Gasteiger partial charge in [0.25, 0.3) is 0 Å². The summed E-state index contributed by atoms with van der Waals surface area (Å²) in [4.78, 5) is 60.2. The molecule has 4 fully saturated rings. The van der Waals surface area contributed by atoms with Crippen LogP contribution in [0.25, 0.3) is 0 Å². The van der Waals surface area contributed by atoms with Crippen LogP contribution in [-0.2, 0) is 23.7 Å². The van der Waals surface area contributed by atoms with E-state index in [1.165, 1.54) is 15.0 Å². The number of aliphatic hydroxyl groups is 1. The Labute approximate surface area is 272 Å². The topological polar surface area (TPSA) is 155 Å². The number of carbonyl (C=O) groups is 5. The molecule has 43 heavy (non-hydrogen) atoms. The van der Waals surface area contributed by atoms with Crippen molar-refractivity contribution in [3.05, 3.63) is 0 Å². The van der Waals surface area contributed by atoms with Crippen LogP contribution in [0.2, 0.25) is 0 Å². The van der Waals surface area contributed by atoms with Crippen LogP contribution in [0.4, 0.5) is 19.2 Å². The van der Waals surface area contributed by atoms with Gasteiger partial charge in [-0.2, -0.15) is 0 Å². The van der Waals surface area contributed by atoms with E-state index in [1.807, 2.05) is 0 Å². The fraction of sp³-hybridized carbons (Fsp3) is 0.778. The highest BCUT2D eigenvalue weighted by Gasteiger charge is 2.56. The second kappa shape index (κ2) is 16.4. The lowest BCUT2D eigenvalue weighted by molar-refractivity contribution is -0.131. The van der Waals surface area contributed by atoms with E-state index >= 15 is 0 Å². The molecule has 14 nitrogen and oxygen atoms in total. The lowest BCUT2D eigenvalue weighted by atomic mass is 10.2. The Bertz CT molecular complexity index is 1040. The molecule has 2 aliphatic heterocycles. The zero-order valence-corrected chi connectivity index (χ0v) is 30.2. The number of ether oxygens (including phenoxy) is 4. The Morgan fingerprint density at radius 1 is 0.721 bits per heavy atom. The zero-order chi connectivity index (χ0) is 32.8. The van der Waals surface area contributed by atoms with Crippen LogP contribution in [0.5, 0.6) is 0 Å². The molecule has 4 amide bonds. The van der Waals surface area contributed by atoms with Crippen LogP contribution in [0.3, 0.4) is 0 Å². The quantitative estimate of drug-likeness (QED) is 0.304. The van der Waals surface area contributed by atoms with E-state index in [2.05, 4.69) is 23.1 Å². The Morgan fingerprint density at radius 2 is 1.09 bits per heavy atom. The standard InChI is InChI=1S/C13H22N2O5.C13H20N2O5.CH2I2/c2*1-7(2)19-12(17)14-9-5-10(11(16)6-9)15(14)13(18)20-8(3)4;1-3-2/h7-11,16H,5-6H2,1-4H3;7-10H,5-6H2,1-4H3;1H2. The minimum atomic E-state index is -0.679. The Balaban J connectivity index is 0.000000275. The van der Waals surface area contributed by atoms with Crippen molar-refractivity contribution < 1.29 is 48.0 Å². The third kappa shape index (κ3) is 9.51. The number of aliphatic hydroxyl groups excluding tert-OH is 1. The van der Waals surface area contributed by atoms with E-state index in [-0.39, 0.29) is 48.7 Å². The van der Waals surface area contributed by atoms with Crippen LogP contribution in [0.1, 0.15) is 81.1 Å². The van der Waals surface area contributed by atoms with Crippen LogP contribution in [0.15, 0.2) is 0 Å². The molecule has 0 aromatic rings. The minimum absolute atomic E-state index is 0.0377. The fourth-order valence-corrected chi connectivity index (χ4v) is 5.29. The average molecular weight is 838 g/mol. The molecular weight excluding hydrogens is 794 g/mol. The molecule has 4 bridgehead atoms. The molecule has 2 heterocycles. The highest BCUT2D eigenvalue weighted by molar-refractivity contribution is 15.0. The zero-order valence-electron chi connectivity index (χ0n) is 25.9. The van der Waals surface area contributed by atoms with Gasteiger partial charge in [-0.25, -0.2) is 39.2 Å². The number of ketones is 1. The predicted molar refractivity (Wildman–Crippen MR) is 174 cm³/mol. The van der Waals surface area contributed by atoms with Crippen molar-refractivity contribution in [2.24, 2.45) is 0 Å². The molecule has 0 spiro atoms. The van der Waals surface area contributed by atoms with Gasteiger partial charge in [-0.1, -0.05) is 21.3 Å². The highest BCUT2D eigenvalue weighted by Crippen LogP contribution is 2.39. The molecule has 4 rings (SSSR count). The molecule has 16 heteroatoms. The average Bonchev–Trinajstić information content (AvgIpc) is 3.61. The van der Waals surface area contributed by atoms with Crippen LogP contribution in [-0.4, -0.2) is 115 Å². The summed E-state index contributed by atoms with van der Waals surface area (Å²) in [7, 11) is 0. The van der Waals surface area contributed by atoms with E-state index in [4.69, 9.17) is 18.9 Å². The van der Waals surface area contributed by atoms with Gasteiger partial charge < -0.3 is 24.1 Å². The molecular formula is C27H44I2N4O10. The van der Waals surface area contributed by atoms with Crippen molar-refractivity contribution in [1.82, 2.24) is 20.0 Å². The molecule has 5 atom stereocenters. The van der Waals surface area contributed by atoms with E-state index in [0.29, 0.717) is 36.0 Å². The number of nitrogens with zero attached hydrogens (tertiary/aromatic N) is 4. The van der Waals surface area contributed by atoms with Crippen LogP contribution in [0, 0.1) is 0 Å². The number of carbonyl (C=O) groups excluding carboxylic acids is 5. The number of fused-ring (bicyclic) bond motifs is 4. The van der Waals surface area contributed by atoms with E-state index < -0.39 is 42.6 Å². The molecule has 5 unspecified atom stereocenters. The van der Waals surface area contributed by atoms with E-state index in [1.54, 1.807) is 55.4 Å². The first-order valence-corrected chi connectivity index (χ1v) is 22.0. The normalized spacial score (nSPS) is 25.2. The first-order valence-electron chi connectivity index (χ1n) is 14.2. The van der Waals surface area contributed by atoms with E-state index in [0.717, 1.165) is 5.01 Å². The number of amides is 4. The summed E-state index contributed by atoms with van der Waals surface area (Å²) in [6.07, 6.45) is -2.53. The molecule has 0 aromatic heterocycles. The Morgan fingerprint density at radius 3 is 1.51 bits per heavy atom. The molecule has 2 saturated carbocycles.